The second kappa shape index (κ2) is 10.5. The summed E-state index contributed by atoms with van der Waals surface area (Å²) < 4.78 is 0. The third-order valence-electron chi connectivity index (χ3n) is 7.07. The number of amides is 2. The molecule has 6 heteroatoms. The number of likely N-dealkylation sites (tertiary alicyclic amines) is 1. The van der Waals surface area contributed by atoms with Crippen molar-refractivity contribution in [2.45, 2.75) is 18.8 Å². The van der Waals surface area contributed by atoms with E-state index in [2.05, 4.69) is 17.0 Å². The number of hydrogen-bond acceptors (Lipinski definition) is 3. The Kier molecular flexibility index (Phi) is 7.05. The maximum absolute atomic E-state index is 13.3. The van der Waals surface area contributed by atoms with Crippen molar-refractivity contribution in [3.63, 3.8) is 0 Å². The molecule has 2 amide bonds. The standard InChI is InChI=1S/C29H30ClN3O2/c30-26-12-5-13-27(20-26)31-15-17-32(18-16-31)29(35)24-10-4-9-23(19-24)25-11-6-14-33(21-25)28(34)22-7-2-1-3-8-22/h1-5,7-10,12-13,19-20,25H,6,11,14-18,21H2/t25-/m0/s1. The van der Waals surface area contributed by atoms with E-state index in [-0.39, 0.29) is 17.7 Å². The smallest absolute Gasteiger partial charge is 0.253 e. The fraction of sp³-hybridized carbons (Fsp3) is 0.310. The van der Waals surface area contributed by atoms with Gasteiger partial charge in [-0.25, -0.2) is 0 Å². The summed E-state index contributed by atoms with van der Waals surface area (Å²) >= 11 is 6.15. The summed E-state index contributed by atoms with van der Waals surface area (Å²) in [5.74, 6) is 0.398. The van der Waals surface area contributed by atoms with Crippen LogP contribution in [0.25, 0.3) is 0 Å². The van der Waals surface area contributed by atoms with Crippen LogP contribution in [0.5, 0.6) is 0 Å². The van der Waals surface area contributed by atoms with Crippen molar-refractivity contribution in [2.24, 2.45) is 0 Å². The van der Waals surface area contributed by atoms with Gasteiger partial charge in [-0.05, 0) is 60.9 Å². The number of rotatable bonds is 4. The molecule has 2 aliphatic heterocycles. The molecule has 35 heavy (non-hydrogen) atoms. The number of carbonyl (C=O) groups excluding carboxylic acids is 2. The van der Waals surface area contributed by atoms with E-state index in [1.807, 2.05) is 76.5 Å². The molecule has 0 aromatic heterocycles. The minimum absolute atomic E-state index is 0.0746. The molecule has 0 N–H and O–H groups in total. The summed E-state index contributed by atoms with van der Waals surface area (Å²) in [6.07, 6.45) is 1.99. The highest BCUT2D eigenvalue weighted by Crippen LogP contribution is 2.29. The first kappa shape index (κ1) is 23.4. The van der Waals surface area contributed by atoms with Gasteiger partial charge >= 0.3 is 0 Å². The lowest BCUT2D eigenvalue weighted by Crippen LogP contribution is -2.48. The molecule has 2 fully saturated rings. The van der Waals surface area contributed by atoms with Crippen LogP contribution in [-0.4, -0.2) is 60.9 Å². The van der Waals surface area contributed by atoms with E-state index in [0.29, 0.717) is 19.6 Å². The summed E-state index contributed by atoms with van der Waals surface area (Å²) in [6, 6.07) is 25.3. The van der Waals surface area contributed by atoms with E-state index in [1.165, 1.54) is 0 Å². The van der Waals surface area contributed by atoms with E-state index >= 15 is 0 Å². The van der Waals surface area contributed by atoms with Crippen LogP contribution >= 0.6 is 11.6 Å². The van der Waals surface area contributed by atoms with Gasteiger partial charge in [-0.3, -0.25) is 9.59 Å². The van der Waals surface area contributed by atoms with Crippen molar-refractivity contribution in [2.75, 3.05) is 44.2 Å². The molecule has 0 spiro atoms. The average molecular weight is 488 g/mol. The van der Waals surface area contributed by atoms with Crippen molar-refractivity contribution >= 4 is 29.1 Å². The largest absolute Gasteiger partial charge is 0.368 e. The number of halogens is 1. The second-order valence-electron chi connectivity index (χ2n) is 9.34. The molecule has 0 bridgehead atoms. The monoisotopic (exact) mass is 487 g/mol. The lowest BCUT2D eigenvalue weighted by Gasteiger charge is -2.36. The SMILES string of the molecule is O=C(c1cccc([C@H]2CCCN(C(=O)c3ccccc3)C2)c1)N1CCN(c2cccc(Cl)c2)CC1. The van der Waals surface area contributed by atoms with Gasteiger partial charge in [0, 0.05) is 67.0 Å². The molecule has 0 unspecified atom stereocenters. The number of benzene rings is 3. The molecule has 2 saturated heterocycles. The van der Waals surface area contributed by atoms with Crippen molar-refractivity contribution in [1.29, 1.82) is 0 Å². The van der Waals surface area contributed by atoms with Gasteiger partial charge in [-0.2, -0.15) is 0 Å². The van der Waals surface area contributed by atoms with Gasteiger partial charge in [0.15, 0.2) is 0 Å². The molecule has 3 aromatic rings. The molecule has 180 valence electrons. The van der Waals surface area contributed by atoms with Crippen LogP contribution in [0.3, 0.4) is 0 Å². The number of piperidine rings is 1. The van der Waals surface area contributed by atoms with Crippen molar-refractivity contribution in [3.05, 3.63) is 101 Å². The molecule has 5 rings (SSSR count). The van der Waals surface area contributed by atoms with E-state index in [4.69, 9.17) is 11.6 Å². The van der Waals surface area contributed by atoms with E-state index in [1.54, 1.807) is 0 Å². The van der Waals surface area contributed by atoms with Crippen LogP contribution in [0.4, 0.5) is 5.69 Å². The maximum Gasteiger partial charge on any atom is 0.253 e. The van der Waals surface area contributed by atoms with E-state index in [9.17, 15) is 9.59 Å². The Labute approximate surface area is 211 Å². The van der Waals surface area contributed by atoms with Crippen LogP contribution in [0.1, 0.15) is 45.0 Å². The number of piperazine rings is 1. The lowest BCUT2D eigenvalue weighted by molar-refractivity contribution is 0.0704. The Morgan fingerprint density at radius 3 is 2.20 bits per heavy atom. The van der Waals surface area contributed by atoms with Crippen LogP contribution in [0.15, 0.2) is 78.9 Å². The van der Waals surface area contributed by atoms with Crippen LogP contribution in [0, 0.1) is 0 Å². The summed E-state index contributed by atoms with van der Waals surface area (Å²) in [5, 5.41) is 0.726. The maximum atomic E-state index is 13.3. The van der Waals surface area contributed by atoms with Gasteiger partial charge in [-0.15, -0.1) is 0 Å². The Morgan fingerprint density at radius 1 is 0.714 bits per heavy atom. The van der Waals surface area contributed by atoms with Crippen LogP contribution in [0.2, 0.25) is 5.02 Å². The first-order valence-corrected chi connectivity index (χ1v) is 12.7. The zero-order valence-electron chi connectivity index (χ0n) is 19.8. The van der Waals surface area contributed by atoms with Gasteiger partial charge in [0.1, 0.15) is 0 Å². The topological polar surface area (TPSA) is 43.9 Å². The summed E-state index contributed by atoms with van der Waals surface area (Å²) in [4.78, 5) is 32.4. The van der Waals surface area contributed by atoms with Crippen LogP contribution in [-0.2, 0) is 0 Å². The Bertz CT molecular complexity index is 1190. The molecule has 0 aliphatic carbocycles. The minimum Gasteiger partial charge on any atom is -0.368 e. The summed E-state index contributed by atoms with van der Waals surface area (Å²) in [7, 11) is 0. The lowest BCUT2D eigenvalue weighted by atomic mass is 9.89. The summed E-state index contributed by atoms with van der Waals surface area (Å²) in [5.41, 5.74) is 3.69. The first-order valence-electron chi connectivity index (χ1n) is 12.3. The fourth-order valence-corrected chi connectivity index (χ4v) is 5.33. The number of nitrogens with zero attached hydrogens (tertiary/aromatic N) is 3. The predicted molar refractivity (Wildman–Crippen MR) is 140 cm³/mol. The molecule has 3 aromatic carbocycles. The first-order chi connectivity index (χ1) is 17.1. The quantitative estimate of drug-likeness (QED) is 0.500. The average Bonchev–Trinajstić information content (AvgIpc) is 2.93. The normalized spacial score (nSPS) is 18.4. The Balaban J connectivity index is 1.23. The van der Waals surface area contributed by atoms with Gasteiger partial charge < -0.3 is 14.7 Å². The summed E-state index contributed by atoms with van der Waals surface area (Å²) in [6.45, 7) is 4.38. The zero-order chi connectivity index (χ0) is 24.2. The molecule has 1 atom stereocenters. The number of carbonyl (C=O) groups is 2. The minimum atomic E-state index is 0.0746. The van der Waals surface area contributed by atoms with Crippen molar-refractivity contribution < 1.29 is 9.59 Å². The predicted octanol–water partition coefficient (Wildman–Crippen LogP) is 5.32. The van der Waals surface area contributed by atoms with Gasteiger partial charge in [0.05, 0.1) is 0 Å². The molecular formula is C29H30ClN3O2. The van der Waals surface area contributed by atoms with E-state index in [0.717, 1.165) is 59.9 Å². The van der Waals surface area contributed by atoms with Crippen LogP contribution < -0.4 is 4.90 Å². The molecule has 2 heterocycles. The number of hydrogen-bond donors (Lipinski definition) is 0. The molecule has 5 nitrogen and oxygen atoms in total. The molecule has 2 aliphatic rings. The van der Waals surface area contributed by atoms with Gasteiger partial charge in [-0.1, -0.05) is 48.0 Å². The highest BCUT2D eigenvalue weighted by Gasteiger charge is 2.27. The Hall–Kier alpha value is -3.31. The zero-order valence-corrected chi connectivity index (χ0v) is 20.5. The van der Waals surface area contributed by atoms with Crippen molar-refractivity contribution in [3.8, 4) is 0 Å². The second-order valence-corrected chi connectivity index (χ2v) is 9.78. The van der Waals surface area contributed by atoms with Gasteiger partial charge in [0.2, 0.25) is 0 Å². The van der Waals surface area contributed by atoms with Gasteiger partial charge in [0.25, 0.3) is 11.8 Å². The van der Waals surface area contributed by atoms with Crippen molar-refractivity contribution in [1.82, 2.24) is 9.80 Å². The fourth-order valence-electron chi connectivity index (χ4n) is 5.15. The Morgan fingerprint density at radius 2 is 1.43 bits per heavy atom. The molecular weight excluding hydrogens is 458 g/mol. The highest BCUT2D eigenvalue weighted by molar-refractivity contribution is 6.30. The van der Waals surface area contributed by atoms with E-state index < -0.39 is 0 Å². The third kappa shape index (κ3) is 5.35. The highest BCUT2D eigenvalue weighted by atomic mass is 35.5. The molecule has 0 radical (unpaired) electrons. The third-order valence-corrected chi connectivity index (χ3v) is 7.31. The number of anilines is 1. The molecule has 0 saturated carbocycles.